The van der Waals surface area contributed by atoms with Crippen LogP contribution in [0.15, 0.2) is 4.99 Å². The standard InChI is InChI=1S/C11H19N3O2S/c12-9(15)16-6-5-13-10-14-7-11(8-17-10)3-1-2-4-11/h1-8H2,(H2,12,15)(H,13,14). The van der Waals surface area contributed by atoms with E-state index in [1.165, 1.54) is 25.7 Å². The zero-order valence-electron chi connectivity index (χ0n) is 9.91. The molecule has 1 amide bonds. The van der Waals surface area contributed by atoms with Gasteiger partial charge in [-0.1, -0.05) is 24.6 Å². The van der Waals surface area contributed by atoms with Crippen LogP contribution in [-0.2, 0) is 4.74 Å². The minimum absolute atomic E-state index is 0.292. The number of amides is 1. The van der Waals surface area contributed by atoms with Crippen LogP contribution in [0.2, 0.25) is 0 Å². The summed E-state index contributed by atoms with van der Waals surface area (Å²) in [5, 5.41) is 4.13. The molecular weight excluding hydrogens is 238 g/mol. The summed E-state index contributed by atoms with van der Waals surface area (Å²) >= 11 is 1.79. The normalized spacial score (nSPS) is 22.2. The summed E-state index contributed by atoms with van der Waals surface area (Å²) in [6, 6.07) is 0. The van der Waals surface area contributed by atoms with Crippen molar-refractivity contribution in [3.8, 4) is 0 Å². The van der Waals surface area contributed by atoms with Crippen LogP contribution in [0.3, 0.4) is 0 Å². The van der Waals surface area contributed by atoms with Crippen molar-refractivity contribution < 1.29 is 9.53 Å². The second kappa shape index (κ2) is 5.62. The van der Waals surface area contributed by atoms with Crippen molar-refractivity contribution in [3.63, 3.8) is 0 Å². The number of ether oxygens (including phenoxy) is 1. The molecule has 0 aromatic heterocycles. The summed E-state index contributed by atoms with van der Waals surface area (Å²) in [5.74, 6) is 1.16. The summed E-state index contributed by atoms with van der Waals surface area (Å²) in [5.41, 5.74) is 5.34. The number of carbonyl (C=O) groups is 1. The number of hydrogen-bond donors (Lipinski definition) is 2. The third-order valence-corrected chi connectivity index (χ3v) is 4.66. The number of thioether (sulfide) groups is 1. The lowest BCUT2D eigenvalue weighted by molar-refractivity contribution is 0.159. The van der Waals surface area contributed by atoms with Gasteiger partial charge in [0.25, 0.3) is 0 Å². The van der Waals surface area contributed by atoms with E-state index in [-0.39, 0.29) is 0 Å². The molecule has 3 N–H and O–H groups in total. The molecule has 17 heavy (non-hydrogen) atoms. The first kappa shape index (κ1) is 12.5. The van der Waals surface area contributed by atoms with E-state index in [0.717, 1.165) is 17.5 Å². The van der Waals surface area contributed by atoms with Gasteiger partial charge in [-0.3, -0.25) is 4.99 Å². The number of nitrogens with zero attached hydrogens (tertiary/aromatic N) is 1. The van der Waals surface area contributed by atoms with Crippen LogP contribution < -0.4 is 11.1 Å². The Bertz CT molecular complexity index is 314. The van der Waals surface area contributed by atoms with Crippen molar-refractivity contribution in [2.75, 3.05) is 25.4 Å². The molecule has 0 saturated heterocycles. The van der Waals surface area contributed by atoms with E-state index < -0.39 is 6.09 Å². The van der Waals surface area contributed by atoms with Crippen molar-refractivity contribution in [1.29, 1.82) is 0 Å². The third-order valence-electron chi connectivity index (χ3n) is 3.36. The fourth-order valence-electron chi connectivity index (χ4n) is 2.40. The average molecular weight is 257 g/mol. The Hall–Kier alpha value is -0.910. The van der Waals surface area contributed by atoms with E-state index in [1.54, 1.807) is 11.8 Å². The molecule has 1 aliphatic heterocycles. The highest BCUT2D eigenvalue weighted by Gasteiger charge is 2.36. The Balaban J connectivity index is 1.69. The van der Waals surface area contributed by atoms with Crippen LogP contribution in [0.1, 0.15) is 25.7 Å². The molecule has 5 nitrogen and oxygen atoms in total. The average Bonchev–Trinajstić information content (AvgIpc) is 2.75. The predicted octanol–water partition coefficient (Wildman–Crippen LogP) is 1.33. The molecule has 0 bridgehead atoms. The van der Waals surface area contributed by atoms with E-state index in [4.69, 9.17) is 5.73 Å². The molecule has 2 rings (SSSR count). The van der Waals surface area contributed by atoms with Gasteiger partial charge in [-0.2, -0.15) is 0 Å². The fourth-order valence-corrected chi connectivity index (χ4v) is 3.58. The summed E-state index contributed by atoms with van der Waals surface area (Å²) in [4.78, 5) is 14.9. The van der Waals surface area contributed by atoms with Crippen molar-refractivity contribution in [2.24, 2.45) is 16.1 Å². The Labute approximate surface area is 106 Å². The molecule has 1 saturated carbocycles. The number of carbonyl (C=O) groups excluding carboxylic acids is 1. The fraction of sp³-hybridized carbons (Fsp3) is 0.818. The van der Waals surface area contributed by atoms with Crippen LogP contribution in [0.4, 0.5) is 4.79 Å². The van der Waals surface area contributed by atoms with Crippen molar-refractivity contribution in [3.05, 3.63) is 0 Å². The molecule has 1 fully saturated rings. The molecule has 1 spiro atoms. The van der Waals surface area contributed by atoms with Crippen LogP contribution in [-0.4, -0.2) is 36.7 Å². The molecule has 0 aromatic carbocycles. The van der Waals surface area contributed by atoms with Gasteiger partial charge in [-0.25, -0.2) is 4.79 Å². The lowest BCUT2D eigenvalue weighted by Gasteiger charge is -2.31. The van der Waals surface area contributed by atoms with E-state index in [9.17, 15) is 4.79 Å². The van der Waals surface area contributed by atoms with E-state index in [1.807, 2.05) is 0 Å². The lowest BCUT2D eigenvalue weighted by Crippen LogP contribution is -2.35. The van der Waals surface area contributed by atoms with Gasteiger partial charge in [-0.05, 0) is 18.3 Å². The monoisotopic (exact) mass is 257 g/mol. The van der Waals surface area contributed by atoms with Gasteiger partial charge in [-0.15, -0.1) is 0 Å². The molecule has 0 radical (unpaired) electrons. The second-order valence-electron chi connectivity index (χ2n) is 4.71. The van der Waals surface area contributed by atoms with Gasteiger partial charge in [0, 0.05) is 12.3 Å². The number of amidine groups is 1. The Kier molecular flexibility index (Phi) is 4.15. The van der Waals surface area contributed by atoms with Gasteiger partial charge in [0.1, 0.15) is 6.61 Å². The van der Waals surface area contributed by atoms with Crippen LogP contribution in [0.5, 0.6) is 0 Å². The molecule has 0 atom stereocenters. The summed E-state index contributed by atoms with van der Waals surface area (Å²) < 4.78 is 4.64. The number of nitrogens with two attached hydrogens (primary N) is 1. The highest BCUT2D eigenvalue weighted by atomic mass is 32.2. The molecular formula is C11H19N3O2S. The summed E-state index contributed by atoms with van der Waals surface area (Å²) in [7, 11) is 0. The maximum atomic E-state index is 10.4. The predicted molar refractivity (Wildman–Crippen MR) is 69.2 cm³/mol. The van der Waals surface area contributed by atoms with Gasteiger partial charge >= 0.3 is 6.09 Å². The van der Waals surface area contributed by atoms with E-state index in [2.05, 4.69) is 15.0 Å². The molecule has 6 heteroatoms. The number of nitrogens with one attached hydrogen (secondary N) is 1. The van der Waals surface area contributed by atoms with Crippen LogP contribution in [0, 0.1) is 5.41 Å². The zero-order chi connectivity index (χ0) is 12.1. The summed E-state index contributed by atoms with van der Waals surface area (Å²) in [6.07, 6.45) is 4.62. The topological polar surface area (TPSA) is 76.7 Å². The van der Waals surface area contributed by atoms with Crippen LogP contribution >= 0.6 is 11.8 Å². The molecule has 0 unspecified atom stereocenters. The van der Waals surface area contributed by atoms with Crippen molar-refractivity contribution in [1.82, 2.24) is 5.32 Å². The maximum absolute atomic E-state index is 10.4. The molecule has 1 heterocycles. The SMILES string of the molecule is NC(=O)OCCNC1=NCC2(CCCC2)CS1. The lowest BCUT2D eigenvalue weighted by atomic mass is 9.89. The Morgan fingerprint density at radius 2 is 2.29 bits per heavy atom. The van der Waals surface area contributed by atoms with Gasteiger partial charge in [0.2, 0.25) is 0 Å². The van der Waals surface area contributed by atoms with Gasteiger partial charge in [0.15, 0.2) is 5.17 Å². The van der Waals surface area contributed by atoms with Crippen LogP contribution in [0.25, 0.3) is 0 Å². The molecule has 1 aliphatic carbocycles. The molecule has 0 aromatic rings. The third kappa shape index (κ3) is 3.52. The minimum atomic E-state index is -0.727. The Morgan fingerprint density at radius 1 is 1.53 bits per heavy atom. The smallest absolute Gasteiger partial charge is 0.404 e. The number of rotatable bonds is 3. The quantitative estimate of drug-likeness (QED) is 0.748. The minimum Gasteiger partial charge on any atom is -0.448 e. The number of aliphatic imine (C=N–C) groups is 1. The van der Waals surface area contributed by atoms with Crippen molar-refractivity contribution in [2.45, 2.75) is 25.7 Å². The van der Waals surface area contributed by atoms with Gasteiger partial charge in [0.05, 0.1) is 6.54 Å². The second-order valence-corrected chi connectivity index (χ2v) is 5.68. The molecule has 96 valence electrons. The largest absolute Gasteiger partial charge is 0.448 e. The van der Waals surface area contributed by atoms with Crippen molar-refractivity contribution >= 4 is 23.0 Å². The first-order valence-corrected chi connectivity index (χ1v) is 7.02. The number of hydrogen-bond acceptors (Lipinski definition) is 5. The number of primary amides is 1. The highest BCUT2D eigenvalue weighted by Crippen LogP contribution is 2.43. The first-order valence-electron chi connectivity index (χ1n) is 6.04. The van der Waals surface area contributed by atoms with E-state index >= 15 is 0 Å². The first-order chi connectivity index (χ1) is 8.20. The summed E-state index contributed by atoms with van der Waals surface area (Å²) in [6.45, 7) is 1.81. The Morgan fingerprint density at radius 3 is 2.88 bits per heavy atom. The van der Waals surface area contributed by atoms with E-state index in [0.29, 0.717) is 18.6 Å². The maximum Gasteiger partial charge on any atom is 0.404 e. The molecule has 2 aliphatic rings. The van der Waals surface area contributed by atoms with Gasteiger partial charge < -0.3 is 15.8 Å². The zero-order valence-corrected chi connectivity index (χ0v) is 10.7. The highest BCUT2D eigenvalue weighted by molar-refractivity contribution is 8.13.